The Balaban J connectivity index is 2.14. The van der Waals surface area contributed by atoms with Gasteiger partial charge in [-0.1, -0.05) is 5.73 Å². The maximum atomic E-state index is 5.27. The molecule has 68 valence electrons. The fourth-order valence-electron chi connectivity index (χ4n) is 1.48. The van der Waals surface area contributed by atoms with Crippen LogP contribution in [0.5, 0.6) is 0 Å². The van der Waals surface area contributed by atoms with Crippen molar-refractivity contribution < 1.29 is 4.74 Å². The first kappa shape index (κ1) is 8.33. The molecule has 0 radical (unpaired) electrons. The lowest BCUT2D eigenvalue weighted by Crippen LogP contribution is -2.41. The molecule has 3 nitrogen and oxygen atoms in total. The van der Waals surface area contributed by atoms with Crippen LogP contribution in [0.15, 0.2) is 28.2 Å². The molecule has 2 heterocycles. The third kappa shape index (κ3) is 1.73. The van der Waals surface area contributed by atoms with Gasteiger partial charge in [0.15, 0.2) is 0 Å². The van der Waals surface area contributed by atoms with Crippen LogP contribution in [0.1, 0.15) is 6.92 Å². The zero-order valence-electron chi connectivity index (χ0n) is 7.71. The maximum Gasteiger partial charge on any atom is 0.140 e. The predicted octanol–water partition coefficient (Wildman–Crippen LogP) is 0.945. The Morgan fingerprint density at radius 3 is 2.92 bits per heavy atom. The lowest BCUT2D eigenvalue weighted by atomic mass is 10.2. The quantitative estimate of drug-likeness (QED) is 0.513. The first-order valence-corrected chi connectivity index (χ1v) is 4.45. The van der Waals surface area contributed by atoms with Gasteiger partial charge >= 0.3 is 0 Å². The first-order valence-electron chi connectivity index (χ1n) is 4.45. The van der Waals surface area contributed by atoms with Crippen LogP contribution in [-0.2, 0) is 4.74 Å². The number of nitrogens with zero attached hydrogens (tertiary/aromatic N) is 2. The van der Waals surface area contributed by atoms with Crippen LogP contribution in [0.3, 0.4) is 0 Å². The molecule has 2 aliphatic rings. The minimum Gasteiger partial charge on any atom is -0.378 e. The van der Waals surface area contributed by atoms with E-state index in [1.807, 2.05) is 6.92 Å². The standard InChI is InChI=1S/C10H12N2O/c1-9-3-2-4-11-10(9)12-5-7-13-8-6-12/h4H,5-8H2,1H3. The Morgan fingerprint density at radius 1 is 1.46 bits per heavy atom. The van der Waals surface area contributed by atoms with Crippen molar-refractivity contribution in [1.29, 1.82) is 0 Å². The molecule has 2 aliphatic heterocycles. The Labute approximate surface area is 77.7 Å². The van der Waals surface area contributed by atoms with Crippen molar-refractivity contribution >= 4 is 5.84 Å². The average Bonchev–Trinajstić information content (AvgIpc) is 2.20. The van der Waals surface area contributed by atoms with Crippen molar-refractivity contribution in [2.75, 3.05) is 26.3 Å². The third-order valence-electron chi connectivity index (χ3n) is 2.16. The summed E-state index contributed by atoms with van der Waals surface area (Å²) in [7, 11) is 0. The van der Waals surface area contributed by atoms with Crippen LogP contribution >= 0.6 is 0 Å². The molecule has 3 heteroatoms. The van der Waals surface area contributed by atoms with E-state index in [0.717, 1.165) is 37.7 Å². The summed E-state index contributed by atoms with van der Waals surface area (Å²) in [4.78, 5) is 6.51. The topological polar surface area (TPSA) is 24.8 Å². The third-order valence-corrected chi connectivity index (χ3v) is 2.16. The molecule has 0 aromatic rings. The van der Waals surface area contributed by atoms with Crippen molar-refractivity contribution in [3.63, 3.8) is 0 Å². The van der Waals surface area contributed by atoms with Crippen LogP contribution in [0.25, 0.3) is 0 Å². The van der Waals surface area contributed by atoms with Crippen molar-refractivity contribution in [2.24, 2.45) is 4.99 Å². The molecule has 0 aliphatic carbocycles. The molecule has 0 aromatic carbocycles. The molecule has 0 unspecified atom stereocenters. The zero-order chi connectivity index (χ0) is 9.10. The normalized spacial score (nSPS) is 21.5. The second-order valence-corrected chi connectivity index (χ2v) is 3.08. The molecule has 2 rings (SSSR count). The fraction of sp³-hybridized carbons (Fsp3) is 0.500. The number of amidine groups is 1. The molecular weight excluding hydrogens is 164 g/mol. The molecular formula is C10H12N2O. The van der Waals surface area contributed by atoms with Crippen LogP contribution < -0.4 is 0 Å². The second kappa shape index (κ2) is 3.63. The van der Waals surface area contributed by atoms with E-state index in [1.54, 1.807) is 6.20 Å². The Hall–Kier alpha value is -1.27. The summed E-state index contributed by atoms with van der Waals surface area (Å²) in [5.41, 5.74) is 6.93. The Bertz CT molecular complexity index is 325. The molecule has 1 saturated heterocycles. The van der Waals surface area contributed by atoms with Crippen molar-refractivity contribution in [2.45, 2.75) is 6.92 Å². The van der Waals surface area contributed by atoms with Gasteiger partial charge in [0.2, 0.25) is 0 Å². The summed E-state index contributed by atoms with van der Waals surface area (Å²) in [6.45, 7) is 5.44. The number of morpholine rings is 1. The van der Waals surface area contributed by atoms with Gasteiger partial charge in [0.05, 0.1) is 19.4 Å². The predicted molar refractivity (Wildman–Crippen MR) is 50.6 cm³/mol. The van der Waals surface area contributed by atoms with E-state index >= 15 is 0 Å². The molecule has 13 heavy (non-hydrogen) atoms. The monoisotopic (exact) mass is 176 g/mol. The minimum absolute atomic E-state index is 0.791. The summed E-state index contributed by atoms with van der Waals surface area (Å²) < 4.78 is 5.27. The average molecular weight is 176 g/mol. The van der Waals surface area contributed by atoms with Gasteiger partial charge in [-0.15, -0.1) is 0 Å². The van der Waals surface area contributed by atoms with E-state index < -0.39 is 0 Å². The summed E-state index contributed by atoms with van der Waals surface area (Å²) >= 11 is 0. The Kier molecular flexibility index (Phi) is 2.33. The van der Waals surface area contributed by atoms with Gasteiger partial charge in [-0.3, -0.25) is 0 Å². The van der Waals surface area contributed by atoms with Crippen molar-refractivity contribution in [3.05, 3.63) is 23.2 Å². The van der Waals surface area contributed by atoms with Crippen molar-refractivity contribution in [1.82, 2.24) is 4.90 Å². The lowest BCUT2D eigenvalue weighted by molar-refractivity contribution is 0.0682. The lowest BCUT2D eigenvalue weighted by Gasteiger charge is -2.29. The Morgan fingerprint density at radius 2 is 2.23 bits per heavy atom. The summed E-state index contributed by atoms with van der Waals surface area (Å²) in [6.07, 6.45) is 1.66. The van der Waals surface area contributed by atoms with Gasteiger partial charge in [0, 0.05) is 18.7 Å². The molecule has 0 saturated carbocycles. The largest absolute Gasteiger partial charge is 0.378 e. The molecule has 0 amide bonds. The number of hydrogen-bond donors (Lipinski definition) is 0. The highest BCUT2D eigenvalue weighted by Gasteiger charge is 2.16. The highest BCUT2D eigenvalue weighted by atomic mass is 16.5. The fourth-order valence-corrected chi connectivity index (χ4v) is 1.48. The van der Waals surface area contributed by atoms with Crippen LogP contribution in [0.2, 0.25) is 0 Å². The van der Waals surface area contributed by atoms with E-state index in [9.17, 15) is 0 Å². The van der Waals surface area contributed by atoms with E-state index in [1.165, 1.54) is 0 Å². The van der Waals surface area contributed by atoms with E-state index in [0.29, 0.717) is 0 Å². The minimum atomic E-state index is 0.791. The smallest absolute Gasteiger partial charge is 0.140 e. The molecule has 0 atom stereocenters. The van der Waals surface area contributed by atoms with Crippen LogP contribution in [0, 0.1) is 0 Å². The molecule has 1 fully saturated rings. The van der Waals surface area contributed by atoms with E-state index in [4.69, 9.17) is 4.74 Å². The molecule has 0 N–H and O–H groups in total. The summed E-state index contributed by atoms with van der Waals surface area (Å²) in [6, 6.07) is 0. The first-order chi connectivity index (χ1) is 6.38. The highest BCUT2D eigenvalue weighted by Crippen LogP contribution is 2.07. The van der Waals surface area contributed by atoms with Gasteiger partial charge in [0.25, 0.3) is 0 Å². The number of rotatable bonds is 0. The molecule has 0 aromatic heterocycles. The van der Waals surface area contributed by atoms with Gasteiger partial charge < -0.3 is 9.64 Å². The zero-order valence-corrected chi connectivity index (χ0v) is 7.71. The number of hydrogen-bond acceptors (Lipinski definition) is 3. The van der Waals surface area contributed by atoms with E-state index in [-0.39, 0.29) is 0 Å². The van der Waals surface area contributed by atoms with Gasteiger partial charge in [-0.05, 0) is 12.7 Å². The van der Waals surface area contributed by atoms with E-state index in [2.05, 4.69) is 21.4 Å². The molecule has 0 spiro atoms. The summed E-state index contributed by atoms with van der Waals surface area (Å²) in [5, 5.41) is 0. The van der Waals surface area contributed by atoms with Gasteiger partial charge in [-0.2, -0.15) is 0 Å². The van der Waals surface area contributed by atoms with Gasteiger partial charge in [0.1, 0.15) is 5.84 Å². The number of aliphatic imine (C=N–C) groups is 1. The second-order valence-electron chi connectivity index (χ2n) is 3.08. The van der Waals surface area contributed by atoms with Gasteiger partial charge in [-0.25, -0.2) is 4.99 Å². The van der Waals surface area contributed by atoms with Crippen LogP contribution in [-0.4, -0.2) is 37.0 Å². The van der Waals surface area contributed by atoms with Crippen molar-refractivity contribution in [3.8, 4) is 0 Å². The highest BCUT2D eigenvalue weighted by molar-refractivity contribution is 5.98. The number of ether oxygens (including phenoxy) is 1. The SMILES string of the molecule is CC1=C=C=CN=C1N1CCOCC1. The summed E-state index contributed by atoms with van der Waals surface area (Å²) in [5.74, 6) is 1.02. The molecule has 0 bridgehead atoms. The maximum absolute atomic E-state index is 5.27. The van der Waals surface area contributed by atoms with Crippen LogP contribution in [0.4, 0.5) is 0 Å².